The average molecular weight is 360 g/mol. The van der Waals surface area contributed by atoms with E-state index in [-0.39, 0.29) is 18.6 Å². The molecule has 0 bridgehead atoms. The summed E-state index contributed by atoms with van der Waals surface area (Å²) in [6.45, 7) is 8.99. The van der Waals surface area contributed by atoms with Gasteiger partial charge in [-0.25, -0.2) is 4.98 Å². The van der Waals surface area contributed by atoms with E-state index in [1.165, 1.54) is 12.3 Å². The minimum atomic E-state index is 0. The van der Waals surface area contributed by atoms with E-state index in [2.05, 4.69) is 39.3 Å². The van der Waals surface area contributed by atoms with E-state index >= 15 is 0 Å². The van der Waals surface area contributed by atoms with Gasteiger partial charge in [-0.3, -0.25) is 9.74 Å². The summed E-state index contributed by atoms with van der Waals surface area (Å²) in [5.74, 6) is 0.129. The zero-order chi connectivity index (χ0) is 16.7. The van der Waals surface area contributed by atoms with Gasteiger partial charge in [-0.1, -0.05) is 21.3 Å². The molecule has 0 spiro atoms. The Bertz CT molecular complexity index is 522. The summed E-state index contributed by atoms with van der Waals surface area (Å²) >= 11 is 5.63. The Balaban J connectivity index is 0.00000288. The number of hydrazine groups is 1. The standard InChI is InChI=1S/C13H22ClN7O2.CH4/c1-11(2)15-5-6-19-7-9-20(10-8-19)21(22)18-23-12-3-4-16-13(14)17-12;/h3-4,11,15H,5-10H2,1-2H3;1H4/b21-18-;. The van der Waals surface area contributed by atoms with Gasteiger partial charge in [0.15, 0.2) is 0 Å². The smallest absolute Gasteiger partial charge is 0.259 e. The van der Waals surface area contributed by atoms with Gasteiger partial charge in [0.05, 0.1) is 18.1 Å². The van der Waals surface area contributed by atoms with Crippen molar-refractivity contribution in [2.45, 2.75) is 27.3 Å². The minimum Gasteiger partial charge on any atom is -0.569 e. The van der Waals surface area contributed by atoms with Gasteiger partial charge in [0.2, 0.25) is 10.6 Å². The third-order valence-corrected chi connectivity index (χ3v) is 3.56. The molecular weight excluding hydrogens is 334 g/mol. The maximum absolute atomic E-state index is 11.9. The number of hydrogen-bond acceptors (Lipinski definition) is 7. The van der Waals surface area contributed by atoms with Gasteiger partial charge in [-0.2, -0.15) is 4.98 Å². The lowest BCUT2D eigenvalue weighted by molar-refractivity contribution is -0.709. The van der Waals surface area contributed by atoms with Crippen molar-refractivity contribution in [1.82, 2.24) is 25.2 Å². The summed E-state index contributed by atoms with van der Waals surface area (Å²) in [5.41, 5.74) is 0. The number of nitrogens with zero attached hydrogens (tertiary/aromatic N) is 6. The molecule has 1 aliphatic rings. The van der Waals surface area contributed by atoms with Crippen LogP contribution < -0.4 is 10.2 Å². The minimum absolute atomic E-state index is 0. The highest BCUT2D eigenvalue weighted by molar-refractivity contribution is 6.28. The van der Waals surface area contributed by atoms with E-state index in [0.717, 1.165) is 26.2 Å². The predicted molar refractivity (Wildman–Crippen MR) is 91.6 cm³/mol. The normalized spacial score (nSPS) is 16.2. The zero-order valence-corrected chi connectivity index (χ0v) is 14.1. The molecule has 1 aromatic rings. The fraction of sp³-hybridized carbons (Fsp3) is 0.714. The maximum atomic E-state index is 11.9. The van der Waals surface area contributed by atoms with Crippen molar-refractivity contribution >= 4 is 11.6 Å². The Morgan fingerprint density at radius 3 is 2.75 bits per heavy atom. The van der Waals surface area contributed by atoms with Gasteiger partial charge in [-0.15, -0.1) is 5.01 Å². The number of rotatable bonds is 7. The molecule has 2 heterocycles. The van der Waals surface area contributed by atoms with E-state index in [1.54, 1.807) is 5.01 Å². The summed E-state index contributed by atoms with van der Waals surface area (Å²) < 4.78 is 0. The second-order valence-electron chi connectivity index (χ2n) is 5.49. The molecule has 0 amide bonds. The first-order valence-electron chi connectivity index (χ1n) is 7.59. The van der Waals surface area contributed by atoms with E-state index in [4.69, 9.17) is 16.4 Å². The van der Waals surface area contributed by atoms with Gasteiger partial charge < -0.3 is 10.5 Å². The fourth-order valence-corrected chi connectivity index (χ4v) is 2.28. The van der Waals surface area contributed by atoms with Gasteiger partial charge in [0.1, 0.15) is 0 Å². The van der Waals surface area contributed by atoms with Crippen molar-refractivity contribution < 1.29 is 9.81 Å². The Labute approximate surface area is 147 Å². The van der Waals surface area contributed by atoms with Gasteiger partial charge in [0, 0.05) is 44.5 Å². The van der Waals surface area contributed by atoms with Gasteiger partial charge in [-0.05, 0) is 11.6 Å². The van der Waals surface area contributed by atoms with Gasteiger partial charge in [0.25, 0.3) is 5.88 Å². The molecule has 0 atom stereocenters. The highest BCUT2D eigenvalue weighted by atomic mass is 35.5. The molecule has 9 nitrogen and oxygen atoms in total. The number of hydrogen-bond donors (Lipinski definition) is 1. The van der Waals surface area contributed by atoms with Crippen LogP contribution in [-0.2, 0) is 0 Å². The molecule has 24 heavy (non-hydrogen) atoms. The lowest BCUT2D eigenvalue weighted by Gasteiger charge is -2.31. The van der Waals surface area contributed by atoms with Crippen molar-refractivity contribution in [3.8, 4) is 5.88 Å². The average Bonchev–Trinajstić information content (AvgIpc) is 2.53. The maximum Gasteiger partial charge on any atom is 0.259 e. The molecule has 1 fully saturated rings. The molecule has 1 saturated heterocycles. The van der Waals surface area contributed by atoms with E-state index < -0.39 is 0 Å². The lowest BCUT2D eigenvalue weighted by Crippen LogP contribution is -2.50. The largest absolute Gasteiger partial charge is 0.569 e. The van der Waals surface area contributed by atoms with E-state index in [9.17, 15) is 5.21 Å². The Hall–Kier alpha value is -1.71. The topological polar surface area (TPSA) is 92.0 Å². The third-order valence-electron chi connectivity index (χ3n) is 3.38. The van der Waals surface area contributed by atoms with Crippen molar-refractivity contribution in [3.63, 3.8) is 0 Å². The Kier molecular flexibility index (Phi) is 8.66. The molecule has 0 unspecified atom stereocenters. The van der Waals surface area contributed by atoms with Crippen LogP contribution in [0.1, 0.15) is 21.3 Å². The molecular formula is C14H26ClN7O2. The number of aromatic nitrogens is 2. The van der Waals surface area contributed by atoms with Crippen LogP contribution in [0.3, 0.4) is 0 Å². The van der Waals surface area contributed by atoms with Crippen molar-refractivity contribution in [2.75, 3.05) is 39.3 Å². The Morgan fingerprint density at radius 1 is 1.42 bits per heavy atom. The molecule has 0 aromatic carbocycles. The van der Waals surface area contributed by atoms with E-state index in [0.29, 0.717) is 24.1 Å². The van der Waals surface area contributed by atoms with Crippen LogP contribution in [0.2, 0.25) is 5.28 Å². The molecule has 1 aromatic heterocycles. The van der Waals surface area contributed by atoms with Crippen LogP contribution in [0.4, 0.5) is 0 Å². The molecule has 2 rings (SSSR count). The summed E-state index contributed by atoms with van der Waals surface area (Å²) in [4.78, 5) is 15.2. The van der Waals surface area contributed by atoms with Crippen molar-refractivity contribution in [3.05, 3.63) is 22.8 Å². The first-order chi connectivity index (χ1) is 11.0. The lowest BCUT2D eigenvalue weighted by atomic mass is 10.3. The quantitative estimate of drug-likeness (QED) is 0.342. The highest BCUT2D eigenvalue weighted by Gasteiger charge is 2.22. The highest BCUT2D eigenvalue weighted by Crippen LogP contribution is 2.09. The van der Waals surface area contributed by atoms with E-state index in [1.807, 2.05) is 0 Å². The summed E-state index contributed by atoms with van der Waals surface area (Å²) in [6, 6.07) is 1.96. The second-order valence-corrected chi connectivity index (χ2v) is 5.83. The van der Waals surface area contributed by atoms with Crippen LogP contribution >= 0.6 is 11.6 Å². The van der Waals surface area contributed by atoms with Crippen LogP contribution in [0.25, 0.3) is 0 Å². The Morgan fingerprint density at radius 2 is 2.12 bits per heavy atom. The number of nitrogens with one attached hydrogen (secondary N) is 1. The zero-order valence-electron chi connectivity index (χ0n) is 13.4. The van der Waals surface area contributed by atoms with Crippen LogP contribution in [-0.4, -0.2) is 70.2 Å². The van der Waals surface area contributed by atoms with Gasteiger partial charge >= 0.3 is 0 Å². The molecule has 136 valence electrons. The first kappa shape index (κ1) is 20.3. The van der Waals surface area contributed by atoms with Crippen LogP contribution in [0.5, 0.6) is 5.88 Å². The molecule has 0 saturated carbocycles. The third kappa shape index (κ3) is 6.81. The monoisotopic (exact) mass is 359 g/mol. The predicted octanol–water partition coefficient (Wildman–Crippen LogP) is 1.55. The molecule has 10 heteroatoms. The molecule has 0 aliphatic carbocycles. The summed E-state index contributed by atoms with van der Waals surface area (Å²) in [6.07, 6.45) is 1.43. The molecule has 1 aliphatic heterocycles. The number of piperazine rings is 1. The SMILES string of the molecule is C.CC(C)NCCN1CCN(/[N+]([O-])=N/Oc2ccnc(Cl)n2)CC1. The fourth-order valence-electron chi connectivity index (χ4n) is 2.14. The number of halogens is 1. The molecule has 0 radical (unpaired) electrons. The first-order valence-corrected chi connectivity index (χ1v) is 7.97. The molecule has 1 N–H and O–H groups in total. The summed E-state index contributed by atoms with van der Waals surface area (Å²) in [7, 11) is 0. The summed E-state index contributed by atoms with van der Waals surface area (Å²) in [5, 5.41) is 20.4. The van der Waals surface area contributed by atoms with Crippen molar-refractivity contribution in [1.29, 1.82) is 0 Å². The second kappa shape index (κ2) is 10.2. The van der Waals surface area contributed by atoms with Crippen molar-refractivity contribution in [2.24, 2.45) is 5.28 Å². The van der Waals surface area contributed by atoms with Crippen LogP contribution in [0, 0.1) is 5.21 Å². The van der Waals surface area contributed by atoms with Crippen LogP contribution in [0.15, 0.2) is 17.5 Å².